The average molecular weight is 317 g/mol. The van der Waals surface area contributed by atoms with Gasteiger partial charge in [0.2, 0.25) is 0 Å². The van der Waals surface area contributed by atoms with E-state index in [0.717, 1.165) is 29.8 Å². The molecule has 1 fully saturated rings. The standard InChI is InChI=1S/C17H19NO3S/c1-11-16(22-10-18-11)7-8-21-17(19)14-9-13(14)12-5-3-4-6-15(12)20-2/h3-6,10,13-14H,7-9H2,1-2H3/t13-,14-/m1/s1. The highest BCUT2D eigenvalue weighted by Crippen LogP contribution is 2.50. The molecule has 0 radical (unpaired) electrons. The van der Waals surface area contributed by atoms with E-state index in [1.54, 1.807) is 18.4 Å². The third-order valence-corrected chi connectivity index (χ3v) is 5.04. The van der Waals surface area contributed by atoms with Crippen molar-refractivity contribution in [2.75, 3.05) is 13.7 Å². The molecule has 0 spiro atoms. The number of aryl methyl sites for hydroxylation is 1. The van der Waals surface area contributed by atoms with E-state index < -0.39 is 0 Å². The SMILES string of the molecule is COc1ccccc1[C@H]1C[C@H]1C(=O)OCCc1scnc1C. The van der Waals surface area contributed by atoms with Gasteiger partial charge in [0.25, 0.3) is 0 Å². The zero-order chi connectivity index (χ0) is 15.5. The summed E-state index contributed by atoms with van der Waals surface area (Å²) in [6.07, 6.45) is 1.59. The largest absolute Gasteiger partial charge is 0.496 e. The van der Waals surface area contributed by atoms with E-state index in [-0.39, 0.29) is 17.8 Å². The number of rotatable bonds is 6. The van der Waals surface area contributed by atoms with Crippen LogP contribution in [0.25, 0.3) is 0 Å². The molecule has 0 unspecified atom stereocenters. The number of aromatic nitrogens is 1. The van der Waals surface area contributed by atoms with Crippen LogP contribution >= 0.6 is 11.3 Å². The second-order valence-corrected chi connectivity index (χ2v) is 6.41. The molecule has 4 nitrogen and oxygen atoms in total. The Hall–Kier alpha value is -1.88. The van der Waals surface area contributed by atoms with Gasteiger partial charge in [-0.2, -0.15) is 0 Å². The Bertz CT molecular complexity index is 667. The summed E-state index contributed by atoms with van der Waals surface area (Å²) in [4.78, 5) is 17.5. The minimum atomic E-state index is -0.0990. The lowest BCUT2D eigenvalue weighted by Crippen LogP contribution is -2.10. The number of ether oxygens (including phenoxy) is 2. The van der Waals surface area contributed by atoms with E-state index in [2.05, 4.69) is 4.98 Å². The number of carbonyl (C=O) groups is 1. The van der Waals surface area contributed by atoms with E-state index in [9.17, 15) is 4.79 Å². The van der Waals surface area contributed by atoms with Crippen LogP contribution in [-0.4, -0.2) is 24.7 Å². The van der Waals surface area contributed by atoms with Crippen molar-refractivity contribution in [3.05, 3.63) is 45.9 Å². The first-order valence-corrected chi connectivity index (χ1v) is 8.27. The van der Waals surface area contributed by atoms with Gasteiger partial charge in [0.05, 0.1) is 30.8 Å². The van der Waals surface area contributed by atoms with Gasteiger partial charge < -0.3 is 9.47 Å². The van der Waals surface area contributed by atoms with Crippen molar-refractivity contribution >= 4 is 17.3 Å². The van der Waals surface area contributed by atoms with Crippen molar-refractivity contribution in [2.45, 2.75) is 25.7 Å². The van der Waals surface area contributed by atoms with Crippen molar-refractivity contribution in [1.29, 1.82) is 0 Å². The lowest BCUT2D eigenvalue weighted by atomic mass is 10.1. The molecule has 0 aliphatic heterocycles. The Labute approximate surface area is 134 Å². The second kappa shape index (κ2) is 6.48. The quantitative estimate of drug-likeness (QED) is 0.767. The predicted molar refractivity (Wildman–Crippen MR) is 85.4 cm³/mol. The topological polar surface area (TPSA) is 48.4 Å². The average Bonchev–Trinajstić information content (AvgIpc) is 3.24. The van der Waals surface area contributed by atoms with E-state index in [0.29, 0.717) is 6.61 Å². The minimum absolute atomic E-state index is 0.0288. The summed E-state index contributed by atoms with van der Waals surface area (Å²) >= 11 is 1.61. The smallest absolute Gasteiger partial charge is 0.309 e. The Morgan fingerprint density at radius 3 is 2.95 bits per heavy atom. The van der Waals surface area contributed by atoms with Crippen LogP contribution in [-0.2, 0) is 16.0 Å². The summed E-state index contributed by atoms with van der Waals surface area (Å²) in [5.74, 6) is 0.953. The normalized spacial score (nSPS) is 19.7. The van der Waals surface area contributed by atoms with Gasteiger partial charge >= 0.3 is 5.97 Å². The van der Waals surface area contributed by atoms with E-state index >= 15 is 0 Å². The van der Waals surface area contributed by atoms with Crippen LogP contribution in [0.2, 0.25) is 0 Å². The van der Waals surface area contributed by atoms with E-state index in [4.69, 9.17) is 9.47 Å². The molecule has 2 atom stereocenters. The molecular weight excluding hydrogens is 298 g/mol. The summed E-state index contributed by atoms with van der Waals surface area (Å²) in [5.41, 5.74) is 3.95. The maximum atomic E-state index is 12.1. The second-order valence-electron chi connectivity index (χ2n) is 5.47. The number of para-hydroxylation sites is 1. The number of nitrogens with zero attached hydrogens (tertiary/aromatic N) is 1. The summed E-state index contributed by atoms with van der Waals surface area (Å²) in [7, 11) is 1.66. The molecule has 0 amide bonds. The Morgan fingerprint density at radius 2 is 2.23 bits per heavy atom. The molecule has 1 aliphatic rings. The molecule has 1 aromatic heterocycles. The van der Waals surface area contributed by atoms with Gasteiger partial charge in [-0.15, -0.1) is 11.3 Å². The van der Waals surface area contributed by atoms with Crippen molar-refractivity contribution < 1.29 is 14.3 Å². The molecule has 22 heavy (non-hydrogen) atoms. The number of carbonyl (C=O) groups excluding carboxylic acids is 1. The number of esters is 1. The molecule has 2 aromatic rings. The van der Waals surface area contributed by atoms with Crippen molar-refractivity contribution in [3.8, 4) is 5.75 Å². The van der Waals surface area contributed by atoms with Crippen molar-refractivity contribution in [3.63, 3.8) is 0 Å². The third kappa shape index (κ3) is 3.14. The first kappa shape index (κ1) is 15.0. The first-order chi connectivity index (χ1) is 10.7. The van der Waals surface area contributed by atoms with Crippen LogP contribution < -0.4 is 4.74 Å². The number of thiazole rings is 1. The molecular formula is C17H19NO3S. The molecule has 0 saturated heterocycles. The summed E-state index contributed by atoms with van der Waals surface area (Å²) in [6, 6.07) is 7.88. The van der Waals surface area contributed by atoms with Gasteiger partial charge in [0.15, 0.2) is 0 Å². The maximum absolute atomic E-state index is 12.1. The lowest BCUT2D eigenvalue weighted by molar-refractivity contribution is -0.145. The monoisotopic (exact) mass is 317 g/mol. The molecule has 0 bridgehead atoms. The number of methoxy groups -OCH3 is 1. The third-order valence-electron chi connectivity index (χ3n) is 4.05. The summed E-state index contributed by atoms with van der Waals surface area (Å²) in [6.45, 7) is 2.41. The van der Waals surface area contributed by atoms with Gasteiger partial charge in [-0.3, -0.25) is 4.79 Å². The van der Waals surface area contributed by atoms with Crippen LogP contribution in [0.3, 0.4) is 0 Å². The van der Waals surface area contributed by atoms with Crippen LogP contribution in [0.4, 0.5) is 0 Å². The van der Waals surface area contributed by atoms with E-state index in [1.165, 1.54) is 4.88 Å². The van der Waals surface area contributed by atoms with Crippen molar-refractivity contribution in [1.82, 2.24) is 4.98 Å². The Morgan fingerprint density at radius 1 is 1.41 bits per heavy atom. The zero-order valence-corrected chi connectivity index (χ0v) is 13.6. The summed E-state index contributed by atoms with van der Waals surface area (Å²) in [5, 5.41) is 0. The fourth-order valence-electron chi connectivity index (χ4n) is 2.69. The van der Waals surface area contributed by atoms with Crippen LogP contribution in [0, 0.1) is 12.8 Å². The predicted octanol–water partition coefficient (Wildman–Crippen LogP) is 3.35. The fourth-order valence-corrected chi connectivity index (χ4v) is 3.45. The van der Waals surface area contributed by atoms with Crippen molar-refractivity contribution in [2.24, 2.45) is 5.92 Å². The van der Waals surface area contributed by atoms with Gasteiger partial charge in [-0.25, -0.2) is 4.98 Å². The molecule has 116 valence electrons. The number of hydrogen-bond acceptors (Lipinski definition) is 5. The summed E-state index contributed by atoms with van der Waals surface area (Å²) < 4.78 is 10.8. The van der Waals surface area contributed by atoms with Crippen LogP contribution in [0.5, 0.6) is 5.75 Å². The Kier molecular flexibility index (Phi) is 4.43. The molecule has 3 rings (SSSR count). The minimum Gasteiger partial charge on any atom is -0.496 e. The molecule has 1 heterocycles. The molecule has 0 N–H and O–H groups in total. The van der Waals surface area contributed by atoms with E-state index in [1.807, 2.05) is 36.7 Å². The fraction of sp³-hybridized carbons (Fsp3) is 0.412. The van der Waals surface area contributed by atoms with Crippen LogP contribution in [0.1, 0.15) is 28.5 Å². The van der Waals surface area contributed by atoms with Gasteiger partial charge in [0, 0.05) is 17.2 Å². The highest BCUT2D eigenvalue weighted by Gasteiger charge is 2.46. The molecule has 1 aromatic carbocycles. The van der Waals surface area contributed by atoms with Gasteiger partial charge in [-0.05, 0) is 25.0 Å². The number of hydrogen-bond donors (Lipinski definition) is 0. The lowest BCUT2D eigenvalue weighted by Gasteiger charge is -2.08. The molecule has 1 saturated carbocycles. The molecule has 1 aliphatic carbocycles. The van der Waals surface area contributed by atoms with Crippen LogP contribution in [0.15, 0.2) is 29.8 Å². The first-order valence-electron chi connectivity index (χ1n) is 7.39. The van der Waals surface area contributed by atoms with Gasteiger partial charge in [-0.1, -0.05) is 18.2 Å². The maximum Gasteiger partial charge on any atom is 0.309 e. The van der Waals surface area contributed by atoms with Gasteiger partial charge in [0.1, 0.15) is 5.75 Å². The highest BCUT2D eigenvalue weighted by atomic mass is 32.1. The highest BCUT2D eigenvalue weighted by molar-refractivity contribution is 7.09. The Balaban J connectivity index is 1.51. The molecule has 5 heteroatoms. The number of benzene rings is 1. The zero-order valence-electron chi connectivity index (χ0n) is 12.7.